The topological polar surface area (TPSA) is 33.5 Å². The molecule has 1 aliphatic rings. The summed E-state index contributed by atoms with van der Waals surface area (Å²) in [7, 11) is 0. The highest BCUT2D eigenvalue weighted by molar-refractivity contribution is 5.76. The molecule has 0 saturated heterocycles. The zero-order chi connectivity index (χ0) is 16.9. The molecule has 2 aromatic rings. The number of amides is 1. The van der Waals surface area contributed by atoms with Crippen LogP contribution in [0.1, 0.15) is 24.0 Å². The molecule has 126 valence electrons. The van der Waals surface area contributed by atoms with Crippen LogP contribution in [0.25, 0.3) is 0 Å². The van der Waals surface area contributed by atoms with Gasteiger partial charge in [0.05, 0.1) is 6.04 Å². The maximum Gasteiger partial charge on any atom is 0.275 e. The fourth-order valence-electron chi connectivity index (χ4n) is 2.80. The summed E-state index contributed by atoms with van der Waals surface area (Å²) in [4.78, 5) is 13.3. The van der Waals surface area contributed by atoms with E-state index in [1.54, 1.807) is 24.3 Å². The van der Waals surface area contributed by atoms with Crippen molar-refractivity contribution in [2.24, 2.45) is 0 Å². The molecule has 1 unspecified atom stereocenters. The van der Waals surface area contributed by atoms with Crippen molar-refractivity contribution in [3.8, 4) is 0 Å². The van der Waals surface area contributed by atoms with Crippen LogP contribution in [0.4, 0.5) is 8.78 Å². The first-order chi connectivity index (χ1) is 11.6. The average Bonchev–Trinajstić information content (AvgIpc) is 3.41. The largest absolute Gasteiger partial charge is 0.347 e. The first kappa shape index (κ1) is 16.6. The van der Waals surface area contributed by atoms with Gasteiger partial charge in [0.2, 0.25) is 0 Å². The van der Waals surface area contributed by atoms with Gasteiger partial charge in [-0.05, 0) is 23.8 Å². The van der Waals surface area contributed by atoms with Gasteiger partial charge in [-0.3, -0.25) is 4.79 Å². The number of nitrogens with one attached hydrogen (secondary N) is 2. The van der Waals surface area contributed by atoms with Crippen molar-refractivity contribution in [3.05, 3.63) is 71.3 Å². The third-order valence-corrected chi connectivity index (χ3v) is 4.32. The Balaban J connectivity index is 1.54. The van der Waals surface area contributed by atoms with Crippen molar-refractivity contribution >= 4 is 5.91 Å². The number of hydrogen-bond acceptors (Lipinski definition) is 1. The lowest BCUT2D eigenvalue weighted by atomic mass is 10.2. The summed E-state index contributed by atoms with van der Waals surface area (Å²) in [6.07, 6.45) is 2.16. The Morgan fingerprint density at radius 2 is 1.79 bits per heavy atom. The van der Waals surface area contributed by atoms with Crippen LogP contribution in [-0.2, 0) is 17.9 Å². The number of hydrogen-bond donors (Lipinski definition) is 2. The minimum Gasteiger partial charge on any atom is -0.347 e. The zero-order valence-electron chi connectivity index (χ0n) is 13.4. The summed E-state index contributed by atoms with van der Waals surface area (Å²) >= 11 is 0. The first-order valence-electron chi connectivity index (χ1n) is 8.21. The Hall–Kier alpha value is -2.27. The highest BCUT2D eigenvalue weighted by atomic mass is 19.1. The Morgan fingerprint density at radius 3 is 2.46 bits per heavy atom. The molecular formula is C19H21F2N2O+. The molecule has 0 bridgehead atoms. The van der Waals surface area contributed by atoms with Crippen molar-refractivity contribution in [2.75, 3.05) is 6.54 Å². The second kappa shape index (κ2) is 7.53. The number of carbonyl (C=O) groups excluding carboxylic acids is 1. The smallest absolute Gasteiger partial charge is 0.275 e. The van der Waals surface area contributed by atoms with Crippen molar-refractivity contribution in [1.29, 1.82) is 0 Å². The van der Waals surface area contributed by atoms with E-state index in [0.29, 0.717) is 31.2 Å². The van der Waals surface area contributed by atoms with Crippen molar-refractivity contribution in [3.63, 3.8) is 0 Å². The summed E-state index contributed by atoms with van der Waals surface area (Å²) < 4.78 is 26.7. The molecule has 0 radical (unpaired) electrons. The molecule has 1 amide bonds. The van der Waals surface area contributed by atoms with E-state index in [2.05, 4.69) is 5.32 Å². The molecule has 24 heavy (non-hydrogen) atoms. The molecule has 0 spiro atoms. The highest BCUT2D eigenvalue weighted by Crippen LogP contribution is 2.16. The molecule has 1 saturated carbocycles. The van der Waals surface area contributed by atoms with Crippen LogP contribution < -0.4 is 10.2 Å². The summed E-state index contributed by atoms with van der Waals surface area (Å²) in [5, 5.41) is 2.86. The summed E-state index contributed by atoms with van der Waals surface area (Å²) in [5.41, 5.74) is 1.50. The van der Waals surface area contributed by atoms with E-state index in [1.807, 2.05) is 6.07 Å². The summed E-state index contributed by atoms with van der Waals surface area (Å²) in [5.74, 6) is -0.584. The normalized spacial score (nSPS) is 15.1. The Labute approximate surface area is 140 Å². The number of rotatable bonds is 7. The van der Waals surface area contributed by atoms with Crippen LogP contribution in [0, 0.1) is 11.6 Å². The highest BCUT2D eigenvalue weighted by Gasteiger charge is 2.34. The van der Waals surface area contributed by atoms with Crippen molar-refractivity contribution in [1.82, 2.24) is 5.32 Å². The molecule has 0 aromatic heterocycles. The molecule has 5 heteroatoms. The lowest BCUT2D eigenvalue weighted by Crippen LogP contribution is -3.13. The van der Waals surface area contributed by atoms with Crippen molar-refractivity contribution in [2.45, 2.75) is 32.0 Å². The minimum absolute atomic E-state index is 0.0717. The molecular weight excluding hydrogens is 310 g/mol. The Bertz CT molecular complexity index is 699. The van der Waals surface area contributed by atoms with Gasteiger partial charge in [0, 0.05) is 24.9 Å². The fraction of sp³-hybridized carbons (Fsp3) is 0.316. The van der Waals surface area contributed by atoms with Gasteiger partial charge in [-0.2, -0.15) is 0 Å². The van der Waals surface area contributed by atoms with Crippen LogP contribution in [0.5, 0.6) is 0 Å². The maximum absolute atomic E-state index is 13.8. The van der Waals surface area contributed by atoms with Gasteiger partial charge in [0.15, 0.2) is 6.54 Å². The van der Waals surface area contributed by atoms with E-state index in [1.165, 1.54) is 18.2 Å². The molecule has 0 aliphatic heterocycles. The van der Waals surface area contributed by atoms with Gasteiger partial charge in [-0.25, -0.2) is 8.78 Å². The predicted molar refractivity (Wildman–Crippen MR) is 87.2 cm³/mol. The molecule has 2 aromatic carbocycles. The third kappa shape index (κ3) is 4.61. The molecule has 3 rings (SSSR count). The lowest BCUT2D eigenvalue weighted by Gasteiger charge is -2.19. The van der Waals surface area contributed by atoms with Gasteiger partial charge in [-0.1, -0.05) is 30.3 Å². The minimum atomic E-state index is -0.292. The van der Waals surface area contributed by atoms with E-state index >= 15 is 0 Å². The predicted octanol–water partition coefficient (Wildman–Crippen LogP) is 1.83. The van der Waals surface area contributed by atoms with Crippen LogP contribution in [0.15, 0.2) is 48.5 Å². The first-order valence-corrected chi connectivity index (χ1v) is 8.21. The van der Waals surface area contributed by atoms with Crippen LogP contribution in [0.3, 0.4) is 0 Å². The SMILES string of the molecule is O=C(C[NH+](Cc1ccccc1F)C1CC1)NCc1ccc(F)cc1. The van der Waals surface area contributed by atoms with E-state index in [0.717, 1.165) is 23.3 Å². The lowest BCUT2D eigenvalue weighted by molar-refractivity contribution is -0.917. The van der Waals surface area contributed by atoms with Crippen LogP contribution in [0.2, 0.25) is 0 Å². The molecule has 2 N–H and O–H groups in total. The van der Waals surface area contributed by atoms with Crippen LogP contribution in [-0.4, -0.2) is 18.5 Å². The summed E-state index contributed by atoms with van der Waals surface area (Å²) in [6, 6.07) is 13.2. The van der Waals surface area contributed by atoms with E-state index in [9.17, 15) is 13.6 Å². The van der Waals surface area contributed by atoms with Gasteiger partial charge in [0.1, 0.15) is 18.2 Å². The average molecular weight is 331 g/mol. The Morgan fingerprint density at radius 1 is 1.08 bits per heavy atom. The second-order valence-corrected chi connectivity index (χ2v) is 6.28. The van der Waals surface area contributed by atoms with E-state index in [4.69, 9.17) is 0 Å². The number of quaternary nitrogens is 1. The van der Waals surface area contributed by atoms with Gasteiger partial charge >= 0.3 is 0 Å². The standard InChI is InChI=1S/C19H20F2N2O/c20-16-7-5-14(6-8-16)11-22-19(24)13-23(17-9-10-17)12-15-3-1-2-4-18(15)21/h1-8,17H,9-13H2,(H,22,24)/p+1. The fourth-order valence-corrected chi connectivity index (χ4v) is 2.80. The van der Waals surface area contributed by atoms with Crippen LogP contribution >= 0.6 is 0 Å². The van der Waals surface area contributed by atoms with Gasteiger partial charge in [0.25, 0.3) is 5.91 Å². The maximum atomic E-state index is 13.8. The molecule has 0 heterocycles. The molecule has 1 atom stereocenters. The number of benzene rings is 2. The third-order valence-electron chi connectivity index (χ3n) is 4.32. The van der Waals surface area contributed by atoms with Gasteiger partial charge < -0.3 is 10.2 Å². The zero-order valence-corrected chi connectivity index (χ0v) is 13.4. The second-order valence-electron chi connectivity index (χ2n) is 6.28. The quantitative estimate of drug-likeness (QED) is 0.797. The molecule has 1 fully saturated rings. The van der Waals surface area contributed by atoms with E-state index in [-0.39, 0.29) is 17.5 Å². The monoisotopic (exact) mass is 331 g/mol. The Kier molecular flexibility index (Phi) is 5.20. The molecule has 1 aliphatic carbocycles. The number of carbonyl (C=O) groups is 1. The van der Waals surface area contributed by atoms with Gasteiger partial charge in [-0.15, -0.1) is 0 Å². The summed E-state index contributed by atoms with van der Waals surface area (Å²) in [6.45, 7) is 1.21. The van der Waals surface area contributed by atoms with Crippen molar-refractivity contribution < 1.29 is 18.5 Å². The van der Waals surface area contributed by atoms with E-state index < -0.39 is 0 Å². The molecule has 3 nitrogen and oxygen atoms in total. The number of halogens is 2.